The van der Waals surface area contributed by atoms with Gasteiger partial charge in [-0.3, -0.25) is 4.57 Å². The average Bonchev–Trinajstić information content (AvgIpc) is 2.93. The van der Waals surface area contributed by atoms with Gasteiger partial charge in [0, 0.05) is 19.3 Å². The van der Waals surface area contributed by atoms with Crippen molar-refractivity contribution in [3.63, 3.8) is 0 Å². The molecule has 0 radical (unpaired) electrons. The van der Waals surface area contributed by atoms with Crippen molar-refractivity contribution in [2.45, 2.75) is 20.3 Å². The Bertz CT molecular complexity index is 819. The number of alkyl halides is 1. The van der Waals surface area contributed by atoms with E-state index in [0.29, 0.717) is 17.9 Å². The van der Waals surface area contributed by atoms with Gasteiger partial charge < -0.3 is 0 Å². The molecule has 0 atom stereocenters. The molecule has 1 aromatic carbocycles. The van der Waals surface area contributed by atoms with Gasteiger partial charge in [-0.05, 0) is 31.5 Å². The summed E-state index contributed by atoms with van der Waals surface area (Å²) in [4.78, 5) is 4.62. The third kappa shape index (κ3) is 2.21. The van der Waals surface area contributed by atoms with Crippen LogP contribution in [0, 0.1) is 19.7 Å². The number of halogens is 2. The van der Waals surface area contributed by atoms with Crippen LogP contribution < -0.4 is 0 Å². The number of hydrogen-bond acceptors (Lipinski definition) is 2. The van der Waals surface area contributed by atoms with E-state index in [0.717, 1.165) is 28.4 Å². The van der Waals surface area contributed by atoms with E-state index in [4.69, 9.17) is 11.6 Å². The molecule has 0 N–H and O–H groups in total. The third-order valence-corrected chi connectivity index (χ3v) is 3.79. The summed E-state index contributed by atoms with van der Waals surface area (Å²) in [7, 11) is 1.86. The van der Waals surface area contributed by atoms with Crippen LogP contribution in [0.25, 0.3) is 16.9 Å². The Hall–Kier alpha value is -1.88. The fourth-order valence-corrected chi connectivity index (χ4v) is 2.73. The summed E-state index contributed by atoms with van der Waals surface area (Å²) in [5.41, 5.74) is 3.91. The molecule has 110 valence electrons. The van der Waals surface area contributed by atoms with Crippen LogP contribution in [0.1, 0.15) is 17.1 Å². The Labute approximate surface area is 127 Å². The number of imidazole rings is 1. The average molecular weight is 307 g/mol. The molecule has 0 aliphatic heterocycles. The Morgan fingerprint density at radius 3 is 2.71 bits per heavy atom. The first-order valence-electron chi connectivity index (χ1n) is 6.76. The van der Waals surface area contributed by atoms with Gasteiger partial charge in [-0.25, -0.2) is 14.1 Å². The van der Waals surface area contributed by atoms with Crippen molar-refractivity contribution in [3.8, 4) is 5.69 Å². The number of fused-ring (bicyclic) bond motifs is 1. The molecule has 0 amide bonds. The van der Waals surface area contributed by atoms with E-state index >= 15 is 0 Å². The molecule has 3 aromatic rings. The van der Waals surface area contributed by atoms with E-state index in [1.807, 2.05) is 24.6 Å². The summed E-state index contributed by atoms with van der Waals surface area (Å²) >= 11 is 5.88. The zero-order chi connectivity index (χ0) is 15.1. The van der Waals surface area contributed by atoms with E-state index in [-0.39, 0.29) is 5.82 Å². The van der Waals surface area contributed by atoms with E-state index in [2.05, 4.69) is 10.1 Å². The molecule has 2 aromatic heterocycles. The van der Waals surface area contributed by atoms with Crippen LogP contribution in [0.4, 0.5) is 4.39 Å². The predicted molar refractivity (Wildman–Crippen MR) is 81.7 cm³/mol. The maximum atomic E-state index is 13.9. The Morgan fingerprint density at radius 2 is 2.05 bits per heavy atom. The van der Waals surface area contributed by atoms with Crippen LogP contribution in [0.5, 0.6) is 0 Å². The number of rotatable bonds is 3. The fourth-order valence-electron chi connectivity index (χ4n) is 2.56. The molecule has 0 unspecified atom stereocenters. The van der Waals surface area contributed by atoms with E-state index in [1.165, 1.54) is 6.07 Å². The zero-order valence-corrected chi connectivity index (χ0v) is 12.9. The standard InChI is InChI=1S/C15H16ClFN4/c1-9-4-5-11(8-12(9)17)21-13(6-7-16)18-14-10(2)19-20(3)15(14)21/h4-5,8H,6-7H2,1-3H3. The number of benzene rings is 1. The first-order valence-corrected chi connectivity index (χ1v) is 7.29. The van der Waals surface area contributed by atoms with Gasteiger partial charge in [0.25, 0.3) is 0 Å². The van der Waals surface area contributed by atoms with Gasteiger partial charge >= 0.3 is 0 Å². The number of aromatic nitrogens is 4. The highest BCUT2D eigenvalue weighted by atomic mass is 35.5. The number of nitrogens with zero attached hydrogens (tertiary/aromatic N) is 4. The van der Waals surface area contributed by atoms with Crippen molar-refractivity contribution in [1.82, 2.24) is 19.3 Å². The molecule has 21 heavy (non-hydrogen) atoms. The smallest absolute Gasteiger partial charge is 0.163 e. The monoisotopic (exact) mass is 306 g/mol. The van der Waals surface area contributed by atoms with Gasteiger partial charge in [0.2, 0.25) is 0 Å². The van der Waals surface area contributed by atoms with Crippen LogP contribution in [-0.4, -0.2) is 25.2 Å². The van der Waals surface area contributed by atoms with Crippen LogP contribution in [0.3, 0.4) is 0 Å². The normalized spacial score (nSPS) is 11.5. The first kappa shape index (κ1) is 14.1. The van der Waals surface area contributed by atoms with E-state index in [9.17, 15) is 4.39 Å². The Kier molecular flexibility index (Phi) is 3.45. The highest BCUT2D eigenvalue weighted by Crippen LogP contribution is 2.25. The zero-order valence-electron chi connectivity index (χ0n) is 12.2. The van der Waals surface area contributed by atoms with Crippen molar-refractivity contribution in [2.24, 2.45) is 7.05 Å². The van der Waals surface area contributed by atoms with Gasteiger partial charge in [0.1, 0.15) is 17.2 Å². The molecule has 4 nitrogen and oxygen atoms in total. The van der Waals surface area contributed by atoms with Crippen LogP contribution in [0.15, 0.2) is 18.2 Å². The largest absolute Gasteiger partial charge is 0.281 e. The Morgan fingerprint density at radius 1 is 1.29 bits per heavy atom. The molecule has 6 heteroatoms. The van der Waals surface area contributed by atoms with Crippen LogP contribution in [0.2, 0.25) is 0 Å². The summed E-state index contributed by atoms with van der Waals surface area (Å²) < 4.78 is 17.6. The molecule has 0 spiro atoms. The van der Waals surface area contributed by atoms with Gasteiger partial charge in [-0.15, -0.1) is 11.6 Å². The summed E-state index contributed by atoms with van der Waals surface area (Å²) in [6.07, 6.45) is 0.616. The van der Waals surface area contributed by atoms with E-state index < -0.39 is 0 Å². The maximum Gasteiger partial charge on any atom is 0.163 e. The topological polar surface area (TPSA) is 35.6 Å². The van der Waals surface area contributed by atoms with Gasteiger partial charge in [0.05, 0.1) is 11.4 Å². The Balaban J connectivity index is 2.32. The molecule has 2 heterocycles. The van der Waals surface area contributed by atoms with Crippen molar-refractivity contribution in [3.05, 3.63) is 41.1 Å². The third-order valence-electron chi connectivity index (χ3n) is 3.60. The lowest BCUT2D eigenvalue weighted by Crippen LogP contribution is -2.06. The summed E-state index contributed by atoms with van der Waals surface area (Å²) in [6.45, 7) is 3.66. The van der Waals surface area contributed by atoms with Crippen molar-refractivity contribution < 1.29 is 4.39 Å². The lowest BCUT2D eigenvalue weighted by atomic mass is 10.2. The first-order chi connectivity index (χ1) is 10.0. The quantitative estimate of drug-likeness (QED) is 0.696. The van der Waals surface area contributed by atoms with Crippen LogP contribution in [-0.2, 0) is 13.5 Å². The molecule has 0 bridgehead atoms. The van der Waals surface area contributed by atoms with E-state index in [1.54, 1.807) is 17.7 Å². The maximum absolute atomic E-state index is 13.9. The second-order valence-corrected chi connectivity index (χ2v) is 5.50. The number of hydrogen-bond donors (Lipinski definition) is 0. The second kappa shape index (κ2) is 5.15. The molecule has 0 saturated heterocycles. The predicted octanol–water partition coefficient (Wildman–Crippen LogP) is 3.30. The summed E-state index contributed by atoms with van der Waals surface area (Å²) in [6, 6.07) is 5.18. The van der Waals surface area contributed by atoms with Crippen molar-refractivity contribution in [1.29, 1.82) is 0 Å². The summed E-state index contributed by atoms with van der Waals surface area (Å²) in [5.74, 6) is 1.05. The fraction of sp³-hybridized carbons (Fsp3) is 0.333. The van der Waals surface area contributed by atoms with Gasteiger partial charge in [0.15, 0.2) is 5.65 Å². The second-order valence-electron chi connectivity index (χ2n) is 5.12. The number of aryl methyl sites for hydroxylation is 4. The highest BCUT2D eigenvalue weighted by molar-refractivity contribution is 6.17. The molecular formula is C15H16ClFN4. The van der Waals surface area contributed by atoms with Crippen molar-refractivity contribution in [2.75, 3.05) is 5.88 Å². The lowest BCUT2D eigenvalue weighted by Gasteiger charge is -2.10. The minimum atomic E-state index is -0.231. The minimum Gasteiger partial charge on any atom is -0.281 e. The molecule has 0 saturated carbocycles. The molecule has 0 aliphatic carbocycles. The molecule has 3 rings (SSSR count). The summed E-state index contributed by atoms with van der Waals surface area (Å²) in [5, 5.41) is 4.38. The van der Waals surface area contributed by atoms with Gasteiger partial charge in [-0.2, -0.15) is 5.10 Å². The lowest BCUT2D eigenvalue weighted by molar-refractivity contribution is 0.617. The van der Waals surface area contributed by atoms with Crippen LogP contribution >= 0.6 is 11.6 Å². The minimum absolute atomic E-state index is 0.231. The molecule has 0 fully saturated rings. The van der Waals surface area contributed by atoms with Crippen molar-refractivity contribution >= 4 is 22.8 Å². The molecular weight excluding hydrogens is 291 g/mol. The SMILES string of the molecule is Cc1ccc(-n2c(CCCl)nc3c(C)nn(C)c32)cc1F. The molecule has 0 aliphatic rings. The highest BCUT2D eigenvalue weighted by Gasteiger charge is 2.18. The van der Waals surface area contributed by atoms with Gasteiger partial charge in [-0.1, -0.05) is 6.07 Å².